The lowest BCUT2D eigenvalue weighted by Gasteiger charge is -2.17. The van der Waals surface area contributed by atoms with Crippen LogP contribution in [0.5, 0.6) is 11.5 Å². The Morgan fingerprint density at radius 2 is 1.48 bits per heavy atom. The molecule has 0 atom stereocenters. The fourth-order valence-corrected chi connectivity index (χ4v) is 3.46. The fraction of sp³-hybridized carbons (Fsp3) is 0.0870. The molecule has 10 heteroatoms. The zero-order valence-electron chi connectivity index (χ0n) is 17.0. The van der Waals surface area contributed by atoms with Gasteiger partial charge in [-0.15, -0.1) is 0 Å². The second-order valence-corrected chi connectivity index (χ2v) is 7.45. The van der Waals surface area contributed by atoms with Crippen molar-refractivity contribution in [1.29, 1.82) is 0 Å². The first kappa shape index (κ1) is 22.7. The molecule has 0 bridgehead atoms. The highest BCUT2D eigenvalue weighted by Gasteiger charge is 2.20. The van der Waals surface area contributed by atoms with Gasteiger partial charge in [0.15, 0.2) is 11.5 Å². The highest BCUT2D eigenvalue weighted by Crippen LogP contribution is 2.31. The minimum atomic E-state index is -6.00. The summed E-state index contributed by atoms with van der Waals surface area (Å²) in [6.07, 6.45) is 0. The van der Waals surface area contributed by atoms with E-state index < -0.39 is 7.25 Å². The molecule has 4 aromatic rings. The van der Waals surface area contributed by atoms with Gasteiger partial charge in [-0.3, -0.25) is 0 Å². The van der Waals surface area contributed by atoms with Crippen LogP contribution in [0.15, 0.2) is 77.2 Å². The standard InChI is InChI=1S/C23H16ClNO3.BF4/c24-16-6-8-20-18(12-16)19(14-22(28-20)15-4-2-1-3-5-15)25-17-7-9-21-23(13-17)27-11-10-26-21;2-1(3,4)5/h1-9,12-14H,10-11H2;/q;-1/p+1. The van der Waals surface area contributed by atoms with Crippen molar-refractivity contribution in [2.45, 2.75) is 0 Å². The Hall–Kier alpha value is -3.46. The van der Waals surface area contributed by atoms with Crippen molar-refractivity contribution < 1.29 is 36.1 Å². The lowest BCUT2D eigenvalue weighted by atomic mass is 10.1. The van der Waals surface area contributed by atoms with E-state index in [9.17, 15) is 17.3 Å². The van der Waals surface area contributed by atoms with Crippen LogP contribution >= 0.6 is 11.6 Å². The van der Waals surface area contributed by atoms with Crippen molar-refractivity contribution in [3.63, 3.8) is 0 Å². The van der Waals surface area contributed by atoms with E-state index in [4.69, 9.17) is 25.5 Å². The van der Waals surface area contributed by atoms with Gasteiger partial charge in [-0.05, 0) is 24.3 Å². The van der Waals surface area contributed by atoms with E-state index in [0.717, 1.165) is 44.8 Å². The van der Waals surface area contributed by atoms with Gasteiger partial charge in [0.2, 0.25) is 11.0 Å². The molecule has 5 rings (SSSR count). The van der Waals surface area contributed by atoms with E-state index in [0.29, 0.717) is 18.2 Å². The van der Waals surface area contributed by atoms with Crippen molar-refractivity contribution in [3.05, 3.63) is 83.2 Å². The van der Waals surface area contributed by atoms with Gasteiger partial charge in [-0.2, -0.15) is 0 Å². The molecule has 4 nitrogen and oxygen atoms in total. The summed E-state index contributed by atoms with van der Waals surface area (Å²) in [4.78, 5) is 3.48. The maximum absolute atomic E-state index is 9.75. The lowest BCUT2D eigenvalue weighted by molar-refractivity contribution is -0.401. The second kappa shape index (κ2) is 9.58. The van der Waals surface area contributed by atoms with Crippen molar-refractivity contribution in [3.8, 4) is 22.8 Å². The van der Waals surface area contributed by atoms with E-state index in [1.807, 2.05) is 72.8 Å². The second-order valence-electron chi connectivity index (χ2n) is 7.01. The van der Waals surface area contributed by atoms with Gasteiger partial charge in [0.1, 0.15) is 24.6 Å². The van der Waals surface area contributed by atoms with Crippen molar-refractivity contribution in [1.82, 2.24) is 0 Å². The Morgan fingerprint density at radius 3 is 2.21 bits per heavy atom. The number of hydrogen-bond donors (Lipinski definition) is 1. The highest BCUT2D eigenvalue weighted by molar-refractivity contribution is 6.50. The first-order valence-corrected chi connectivity index (χ1v) is 10.3. The van der Waals surface area contributed by atoms with E-state index in [1.54, 1.807) is 0 Å². The number of halogens is 5. The summed E-state index contributed by atoms with van der Waals surface area (Å²) in [7, 11) is -6.00. The third-order valence-electron chi connectivity index (χ3n) is 4.61. The SMILES string of the molecule is Clc1ccc2oc(-c3ccccc3)cc(=[NH+]c3ccc4c(c3)OCCO4)c2c1.F[B-](F)(F)F. The third kappa shape index (κ3) is 6.07. The molecule has 3 aromatic carbocycles. The van der Waals surface area contributed by atoms with Gasteiger partial charge in [0.25, 0.3) is 0 Å². The van der Waals surface area contributed by atoms with Gasteiger partial charge in [0, 0.05) is 16.7 Å². The van der Waals surface area contributed by atoms with Crippen LogP contribution in [-0.2, 0) is 0 Å². The summed E-state index contributed by atoms with van der Waals surface area (Å²) >= 11 is 6.24. The van der Waals surface area contributed by atoms with E-state index in [2.05, 4.69) is 4.99 Å². The number of rotatable bonds is 2. The molecule has 170 valence electrons. The zero-order valence-corrected chi connectivity index (χ0v) is 17.8. The Bertz CT molecular complexity index is 1340. The van der Waals surface area contributed by atoms with Crippen LogP contribution in [0.25, 0.3) is 22.3 Å². The summed E-state index contributed by atoms with van der Waals surface area (Å²) in [5, 5.41) is 2.46. The van der Waals surface area contributed by atoms with Crippen LogP contribution in [0.4, 0.5) is 23.0 Å². The third-order valence-corrected chi connectivity index (χ3v) is 4.84. The van der Waals surface area contributed by atoms with Crippen LogP contribution < -0.4 is 19.8 Å². The molecule has 1 N–H and O–H groups in total. The highest BCUT2D eigenvalue weighted by atomic mass is 35.5. The largest absolute Gasteiger partial charge is 0.673 e. The normalized spacial score (nSPS) is 13.4. The van der Waals surface area contributed by atoms with Crippen molar-refractivity contribution in [2.75, 3.05) is 13.2 Å². The van der Waals surface area contributed by atoms with Gasteiger partial charge < -0.3 is 31.2 Å². The van der Waals surface area contributed by atoms with Gasteiger partial charge in [-0.1, -0.05) is 41.9 Å². The summed E-state index contributed by atoms with van der Waals surface area (Å²) in [5.74, 6) is 2.27. The summed E-state index contributed by atoms with van der Waals surface area (Å²) < 4.78 is 56.4. The molecule has 0 amide bonds. The van der Waals surface area contributed by atoms with E-state index >= 15 is 0 Å². The zero-order chi connectivity index (χ0) is 23.4. The molecule has 0 saturated carbocycles. The smallest absolute Gasteiger partial charge is 0.486 e. The maximum atomic E-state index is 9.75. The molecule has 0 saturated heterocycles. The number of benzene rings is 3. The topological polar surface area (TPSA) is 45.6 Å². The van der Waals surface area contributed by atoms with Gasteiger partial charge in [-0.25, -0.2) is 4.99 Å². The van der Waals surface area contributed by atoms with E-state index in [-0.39, 0.29) is 0 Å². The van der Waals surface area contributed by atoms with Gasteiger partial charge in [0.05, 0.1) is 17.5 Å². The predicted octanol–water partition coefficient (Wildman–Crippen LogP) is 5.14. The molecule has 2 heterocycles. The first-order chi connectivity index (χ1) is 15.8. The molecule has 0 unspecified atom stereocenters. The molecule has 0 radical (unpaired) electrons. The molecule has 0 spiro atoms. The predicted molar refractivity (Wildman–Crippen MR) is 118 cm³/mol. The number of fused-ring (bicyclic) bond motifs is 2. The molecular weight excluding hydrogens is 461 g/mol. The van der Waals surface area contributed by atoms with Crippen molar-refractivity contribution in [2.24, 2.45) is 0 Å². The average molecular weight is 478 g/mol. The Labute approximate surface area is 191 Å². The minimum Gasteiger partial charge on any atom is -0.486 e. The van der Waals surface area contributed by atoms with Gasteiger partial charge >= 0.3 is 7.25 Å². The first-order valence-electron chi connectivity index (χ1n) is 9.92. The monoisotopic (exact) mass is 477 g/mol. The molecule has 0 fully saturated rings. The fourth-order valence-electron chi connectivity index (χ4n) is 3.28. The Kier molecular flexibility index (Phi) is 6.60. The van der Waals surface area contributed by atoms with Crippen LogP contribution in [0.2, 0.25) is 5.02 Å². The number of hydrogen-bond acceptors (Lipinski definition) is 3. The Balaban J connectivity index is 0.000000471. The molecule has 1 aliphatic heterocycles. The van der Waals surface area contributed by atoms with Crippen LogP contribution in [-0.4, -0.2) is 20.5 Å². The quantitative estimate of drug-likeness (QED) is 0.321. The van der Waals surface area contributed by atoms with Crippen LogP contribution in [0.1, 0.15) is 0 Å². The summed E-state index contributed by atoms with van der Waals surface area (Å²) in [6, 6.07) is 23.4. The number of nitrogens with one attached hydrogen (secondary N) is 1. The molecule has 1 aromatic heterocycles. The van der Waals surface area contributed by atoms with E-state index in [1.165, 1.54) is 0 Å². The summed E-state index contributed by atoms with van der Waals surface area (Å²) in [6.45, 7) is 1.13. The van der Waals surface area contributed by atoms with Crippen LogP contribution in [0, 0.1) is 0 Å². The molecular formula is C23H17BClF4NO3. The summed E-state index contributed by atoms with van der Waals surface area (Å²) in [5.41, 5.74) is 2.66. The number of ether oxygens (including phenoxy) is 2. The average Bonchev–Trinajstić information content (AvgIpc) is 2.79. The molecule has 33 heavy (non-hydrogen) atoms. The minimum absolute atomic E-state index is 0.553. The van der Waals surface area contributed by atoms with Crippen LogP contribution in [0.3, 0.4) is 0 Å². The Morgan fingerprint density at radius 1 is 0.788 bits per heavy atom. The molecule has 0 aliphatic carbocycles. The lowest BCUT2D eigenvalue weighted by Crippen LogP contribution is -2.70. The molecule has 1 aliphatic rings. The van der Waals surface area contributed by atoms with Crippen molar-refractivity contribution >= 4 is 35.5 Å². The maximum Gasteiger partial charge on any atom is 0.673 e.